The number of benzene rings is 1. The Morgan fingerprint density at radius 1 is 1.22 bits per heavy atom. The van der Waals surface area contributed by atoms with Crippen molar-refractivity contribution in [2.45, 2.75) is 44.7 Å². The molecular weight excluding hydrogens is 288 g/mol. The average Bonchev–Trinajstić information content (AvgIpc) is 2.78. The number of nitrogens with one attached hydrogen (secondary N) is 1. The maximum absolute atomic E-state index is 3.76. The molecule has 0 amide bonds. The van der Waals surface area contributed by atoms with Gasteiger partial charge in [0.1, 0.15) is 0 Å². The molecule has 0 saturated carbocycles. The maximum Gasteiger partial charge on any atom is 0.0489 e. The molecule has 0 radical (unpaired) electrons. The van der Waals surface area contributed by atoms with Gasteiger partial charge in [0, 0.05) is 28.8 Å². The summed E-state index contributed by atoms with van der Waals surface area (Å²) in [5.41, 5.74) is 2.58. The van der Waals surface area contributed by atoms with E-state index >= 15 is 0 Å². The predicted molar refractivity (Wildman–Crippen MR) is 80.1 cm³/mol. The number of nitrogens with zero attached hydrogens (tertiary/aromatic N) is 1. The molecule has 2 fully saturated rings. The molecule has 2 saturated heterocycles. The highest BCUT2D eigenvalue weighted by Gasteiger charge is 2.35. The molecule has 0 bridgehead atoms. The zero-order valence-corrected chi connectivity index (χ0v) is 12.5. The van der Waals surface area contributed by atoms with Gasteiger partial charge in [0.05, 0.1) is 0 Å². The van der Waals surface area contributed by atoms with Crippen LogP contribution in [0.4, 0.5) is 5.69 Å². The first-order chi connectivity index (χ1) is 8.74. The second kappa shape index (κ2) is 5.22. The third kappa shape index (κ3) is 2.43. The minimum atomic E-state index is 0.628. The minimum absolute atomic E-state index is 0.628. The highest BCUT2D eigenvalue weighted by molar-refractivity contribution is 9.10. The number of aryl methyl sites for hydroxylation is 1. The topological polar surface area (TPSA) is 15.3 Å². The molecule has 2 aliphatic rings. The van der Waals surface area contributed by atoms with Crippen LogP contribution in [0.15, 0.2) is 22.7 Å². The van der Waals surface area contributed by atoms with E-state index in [1.807, 2.05) is 0 Å². The van der Waals surface area contributed by atoms with Gasteiger partial charge in [-0.15, -0.1) is 0 Å². The summed E-state index contributed by atoms with van der Waals surface area (Å²) in [5.74, 6) is 0. The number of piperidine rings is 1. The highest BCUT2D eigenvalue weighted by Crippen LogP contribution is 2.31. The van der Waals surface area contributed by atoms with Crippen LogP contribution in [0.5, 0.6) is 0 Å². The summed E-state index contributed by atoms with van der Waals surface area (Å²) in [6.45, 7) is 4.72. The Labute approximate surface area is 118 Å². The minimum Gasteiger partial charge on any atom is -0.380 e. The van der Waals surface area contributed by atoms with Gasteiger partial charge in [-0.3, -0.25) is 4.90 Å². The Hall–Kier alpha value is -0.540. The van der Waals surface area contributed by atoms with Crippen molar-refractivity contribution in [1.82, 2.24) is 4.90 Å². The second-order valence-corrected chi connectivity index (χ2v) is 6.48. The quantitative estimate of drug-likeness (QED) is 0.894. The fourth-order valence-electron chi connectivity index (χ4n) is 3.37. The Balaban J connectivity index is 1.74. The molecule has 2 aliphatic heterocycles. The smallest absolute Gasteiger partial charge is 0.0489 e. The van der Waals surface area contributed by atoms with Crippen LogP contribution in [0.1, 0.15) is 31.2 Å². The molecule has 2 nitrogen and oxygen atoms in total. The molecule has 2 atom stereocenters. The number of rotatable bonds is 2. The van der Waals surface area contributed by atoms with Crippen molar-refractivity contribution in [3.05, 3.63) is 28.2 Å². The lowest BCUT2D eigenvalue weighted by Crippen LogP contribution is -2.41. The van der Waals surface area contributed by atoms with Crippen LogP contribution in [0.3, 0.4) is 0 Å². The summed E-state index contributed by atoms with van der Waals surface area (Å²) in [6, 6.07) is 7.92. The second-order valence-electron chi connectivity index (χ2n) is 5.62. The summed E-state index contributed by atoms with van der Waals surface area (Å²) in [6.07, 6.45) is 5.43. The third-order valence-electron chi connectivity index (χ3n) is 4.32. The van der Waals surface area contributed by atoms with E-state index in [2.05, 4.69) is 51.3 Å². The molecule has 18 heavy (non-hydrogen) atoms. The van der Waals surface area contributed by atoms with Gasteiger partial charge in [0.2, 0.25) is 0 Å². The lowest BCUT2D eigenvalue weighted by molar-refractivity contribution is 0.193. The van der Waals surface area contributed by atoms with E-state index in [1.165, 1.54) is 54.5 Å². The molecule has 3 rings (SSSR count). The SMILES string of the molecule is Cc1ccc(Br)c(NC2CCN3CCCCC23)c1. The Morgan fingerprint density at radius 3 is 3.00 bits per heavy atom. The first-order valence-electron chi connectivity index (χ1n) is 7.01. The van der Waals surface area contributed by atoms with Crippen LogP contribution >= 0.6 is 15.9 Å². The number of halogens is 1. The van der Waals surface area contributed by atoms with Gasteiger partial charge < -0.3 is 5.32 Å². The Bertz CT molecular complexity index is 433. The third-order valence-corrected chi connectivity index (χ3v) is 5.01. The molecule has 98 valence electrons. The molecule has 1 N–H and O–H groups in total. The van der Waals surface area contributed by atoms with Gasteiger partial charge in [-0.2, -0.15) is 0 Å². The van der Waals surface area contributed by atoms with E-state index in [1.54, 1.807) is 0 Å². The monoisotopic (exact) mass is 308 g/mol. The molecule has 3 heteroatoms. The van der Waals surface area contributed by atoms with Crippen LogP contribution in [0.2, 0.25) is 0 Å². The number of hydrogen-bond acceptors (Lipinski definition) is 2. The Kier molecular flexibility index (Phi) is 3.62. The zero-order valence-electron chi connectivity index (χ0n) is 11.0. The fraction of sp³-hybridized carbons (Fsp3) is 0.600. The van der Waals surface area contributed by atoms with Gasteiger partial charge in [-0.1, -0.05) is 12.5 Å². The maximum atomic E-state index is 3.76. The summed E-state index contributed by atoms with van der Waals surface area (Å²) in [7, 11) is 0. The molecule has 2 heterocycles. The van der Waals surface area contributed by atoms with E-state index in [0.717, 1.165) is 6.04 Å². The van der Waals surface area contributed by atoms with Crippen molar-refractivity contribution in [1.29, 1.82) is 0 Å². The van der Waals surface area contributed by atoms with Crippen LogP contribution in [0, 0.1) is 6.92 Å². The summed E-state index contributed by atoms with van der Waals surface area (Å²) >= 11 is 3.65. The molecule has 0 aliphatic carbocycles. The van der Waals surface area contributed by atoms with Gasteiger partial charge in [-0.25, -0.2) is 0 Å². The predicted octanol–water partition coefficient (Wildman–Crippen LogP) is 3.80. The molecule has 0 aromatic heterocycles. The average molecular weight is 309 g/mol. The first kappa shape index (κ1) is 12.5. The van der Waals surface area contributed by atoms with E-state index < -0.39 is 0 Å². The number of fused-ring (bicyclic) bond motifs is 1. The van der Waals surface area contributed by atoms with Crippen molar-refractivity contribution in [2.75, 3.05) is 18.4 Å². The van der Waals surface area contributed by atoms with Crippen molar-refractivity contribution in [3.8, 4) is 0 Å². The van der Waals surface area contributed by atoms with E-state index in [9.17, 15) is 0 Å². The molecule has 2 unspecified atom stereocenters. The molecular formula is C15H21BrN2. The number of anilines is 1. The van der Waals surface area contributed by atoms with Crippen LogP contribution < -0.4 is 5.32 Å². The van der Waals surface area contributed by atoms with Crippen LogP contribution in [0.25, 0.3) is 0 Å². The van der Waals surface area contributed by atoms with Crippen molar-refractivity contribution in [2.24, 2.45) is 0 Å². The number of hydrogen-bond donors (Lipinski definition) is 1. The summed E-state index contributed by atoms with van der Waals surface area (Å²) in [5, 5.41) is 3.76. The van der Waals surface area contributed by atoms with E-state index in [0.29, 0.717) is 6.04 Å². The molecule has 1 aromatic carbocycles. The zero-order chi connectivity index (χ0) is 12.5. The summed E-state index contributed by atoms with van der Waals surface area (Å²) < 4.78 is 1.18. The lowest BCUT2D eigenvalue weighted by atomic mass is 9.99. The van der Waals surface area contributed by atoms with Crippen LogP contribution in [-0.2, 0) is 0 Å². The normalized spacial score (nSPS) is 28.1. The lowest BCUT2D eigenvalue weighted by Gasteiger charge is -2.33. The summed E-state index contributed by atoms with van der Waals surface area (Å²) in [4.78, 5) is 2.67. The van der Waals surface area contributed by atoms with Gasteiger partial charge >= 0.3 is 0 Å². The fourth-order valence-corrected chi connectivity index (χ4v) is 3.73. The van der Waals surface area contributed by atoms with E-state index in [-0.39, 0.29) is 0 Å². The van der Waals surface area contributed by atoms with Gasteiger partial charge in [0.15, 0.2) is 0 Å². The standard InChI is InChI=1S/C15H21BrN2/c1-11-5-6-12(16)14(10-11)17-13-7-9-18-8-3-2-4-15(13)18/h5-6,10,13,15,17H,2-4,7-9H2,1H3. The molecule has 1 aromatic rings. The van der Waals surface area contributed by atoms with Gasteiger partial charge in [0.25, 0.3) is 0 Å². The molecule has 0 spiro atoms. The van der Waals surface area contributed by atoms with Crippen LogP contribution in [-0.4, -0.2) is 30.1 Å². The highest BCUT2D eigenvalue weighted by atomic mass is 79.9. The first-order valence-corrected chi connectivity index (χ1v) is 7.80. The van der Waals surface area contributed by atoms with E-state index in [4.69, 9.17) is 0 Å². The van der Waals surface area contributed by atoms with Gasteiger partial charge in [-0.05, 0) is 66.4 Å². The Morgan fingerprint density at radius 2 is 2.11 bits per heavy atom. The largest absolute Gasteiger partial charge is 0.380 e. The van der Waals surface area contributed by atoms with Crippen molar-refractivity contribution in [3.63, 3.8) is 0 Å². The van der Waals surface area contributed by atoms with Crippen molar-refractivity contribution < 1.29 is 0 Å². The van der Waals surface area contributed by atoms with Crippen molar-refractivity contribution >= 4 is 21.6 Å².